The van der Waals surface area contributed by atoms with Gasteiger partial charge in [-0.05, 0) is 43.2 Å². The molecule has 1 atom stereocenters. The summed E-state index contributed by atoms with van der Waals surface area (Å²) in [5.74, 6) is -0.256. The first-order chi connectivity index (χ1) is 10.2. The molecule has 2 heterocycles. The van der Waals surface area contributed by atoms with Gasteiger partial charge < -0.3 is 14.6 Å². The smallest absolute Gasteiger partial charge is 0.353 e. The SMILES string of the molecule is O=C(O)c1cc(-c2ccc(OCC3CCCO3)cc2)n[nH]1. The number of aromatic nitrogens is 2. The number of hydrogen-bond acceptors (Lipinski definition) is 4. The Morgan fingerprint density at radius 2 is 2.24 bits per heavy atom. The Morgan fingerprint density at radius 1 is 1.43 bits per heavy atom. The number of aromatic amines is 1. The zero-order chi connectivity index (χ0) is 14.7. The average Bonchev–Trinajstić information content (AvgIpc) is 3.17. The minimum atomic E-state index is -1.02. The average molecular weight is 288 g/mol. The van der Waals surface area contributed by atoms with Gasteiger partial charge in [-0.2, -0.15) is 5.10 Å². The van der Waals surface area contributed by atoms with Crippen molar-refractivity contribution in [2.24, 2.45) is 0 Å². The van der Waals surface area contributed by atoms with Crippen LogP contribution in [0.1, 0.15) is 23.3 Å². The molecule has 2 aromatic rings. The number of H-pyrrole nitrogens is 1. The normalized spacial score (nSPS) is 17.8. The van der Waals surface area contributed by atoms with E-state index in [1.54, 1.807) is 0 Å². The van der Waals surface area contributed by atoms with Crippen LogP contribution in [0.5, 0.6) is 5.75 Å². The number of carboxylic acid groups (broad SMARTS) is 1. The van der Waals surface area contributed by atoms with E-state index in [2.05, 4.69) is 10.2 Å². The van der Waals surface area contributed by atoms with Crippen LogP contribution < -0.4 is 4.74 Å². The second-order valence-electron chi connectivity index (χ2n) is 4.94. The Balaban J connectivity index is 1.63. The molecule has 6 nitrogen and oxygen atoms in total. The zero-order valence-corrected chi connectivity index (χ0v) is 11.4. The minimum Gasteiger partial charge on any atom is -0.491 e. The molecule has 1 unspecified atom stereocenters. The van der Waals surface area contributed by atoms with Crippen molar-refractivity contribution in [3.8, 4) is 17.0 Å². The summed E-state index contributed by atoms with van der Waals surface area (Å²) in [5.41, 5.74) is 1.50. The fraction of sp³-hybridized carbons (Fsp3) is 0.333. The summed E-state index contributed by atoms with van der Waals surface area (Å²) in [6, 6.07) is 8.91. The highest BCUT2D eigenvalue weighted by Gasteiger charge is 2.16. The van der Waals surface area contributed by atoms with Crippen LogP contribution in [-0.4, -0.2) is 40.6 Å². The maximum Gasteiger partial charge on any atom is 0.353 e. The van der Waals surface area contributed by atoms with E-state index in [4.69, 9.17) is 14.6 Å². The van der Waals surface area contributed by atoms with Gasteiger partial charge in [-0.25, -0.2) is 4.79 Å². The lowest BCUT2D eigenvalue weighted by atomic mass is 10.1. The predicted molar refractivity (Wildman–Crippen MR) is 75.5 cm³/mol. The predicted octanol–water partition coefficient (Wildman–Crippen LogP) is 2.33. The van der Waals surface area contributed by atoms with Crippen LogP contribution in [0, 0.1) is 0 Å². The quantitative estimate of drug-likeness (QED) is 0.882. The molecule has 1 aliphatic rings. The molecule has 3 rings (SSSR count). The van der Waals surface area contributed by atoms with Crippen molar-refractivity contribution in [1.82, 2.24) is 10.2 Å². The van der Waals surface area contributed by atoms with Gasteiger partial charge in [0.25, 0.3) is 0 Å². The van der Waals surface area contributed by atoms with Gasteiger partial charge in [-0.1, -0.05) is 0 Å². The van der Waals surface area contributed by atoms with E-state index >= 15 is 0 Å². The Kier molecular flexibility index (Phi) is 3.87. The van der Waals surface area contributed by atoms with Crippen LogP contribution in [-0.2, 0) is 4.74 Å². The van der Waals surface area contributed by atoms with Gasteiger partial charge in [0.1, 0.15) is 18.1 Å². The molecular weight excluding hydrogens is 272 g/mol. The van der Waals surface area contributed by atoms with Gasteiger partial charge in [-0.3, -0.25) is 5.10 Å². The molecule has 1 aromatic heterocycles. The molecule has 1 aromatic carbocycles. The number of benzene rings is 1. The highest BCUT2D eigenvalue weighted by molar-refractivity contribution is 5.86. The number of hydrogen-bond donors (Lipinski definition) is 2. The third-order valence-corrected chi connectivity index (χ3v) is 3.42. The molecule has 2 N–H and O–H groups in total. The Bertz CT molecular complexity index is 615. The van der Waals surface area contributed by atoms with Crippen LogP contribution in [0.15, 0.2) is 30.3 Å². The Hall–Kier alpha value is -2.34. The van der Waals surface area contributed by atoms with Crippen LogP contribution in [0.3, 0.4) is 0 Å². The van der Waals surface area contributed by atoms with Gasteiger partial charge in [0, 0.05) is 12.2 Å². The van der Waals surface area contributed by atoms with E-state index in [-0.39, 0.29) is 11.8 Å². The highest BCUT2D eigenvalue weighted by Crippen LogP contribution is 2.22. The van der Waals surface area contributed by atoms with Crippen LogP contribution in [0.2, 0.25) is 0 Å². The van der Waals surface area contributed by atoms with Crippen LogP contribution >= 0.6 is 0 Å². The molecule has 1 aliphatic heterocycles. The number of ether oxygens (including phenoxy) is 2. The molecule has 1 saturated heterocycles. The third kappa shape index (κ3) is 3.22. The molecule has 0 saturated carbocycles. The van der Waals surface area contributed by atoms with Gasteiger partial charge in [0.05, 0.1) is 11.8 Å². The van der Waals surface area contributed by atoms with E-state index in [0.717, 1.165) is 30.8 Å². The highest BCUT2D eigenvalue weighted by atomic mass is 16.5. The largest absolute Gasteiger partial charge is 0.491 e. The minimum absolute atomic E-state index is 0.0729. The second kappa shape index (κ2) is 5.97. The lowest BCUT2D eigenvalue weighted by molar-refractivity contribution is 0.0679. The molecular formula is C15H16N2O4. The molecule has 0 radical (unpaired) electrons. The van der Waals surface area contributed by atoms with Crippen LogP contribution in [0.4, 0.5) is 0 Å². The molecule has 0 aliphatic carbocycles. The van der Waals surface area contributed by atoms with Crippen molar-refractivity contribution in [3.63, 3.8) is 0 Å². The zero-order valence-electron chi connectivity index (χ0n) is 11.4. The lowest BCUT2D eigenvalue weighted by Gasteiger charge is -2.11. The Morgan fingerprint density at radius 3 is 2.86 bits per heavy atom. The molecule has 0 spiro atoms. The first kappa shape index (κ1) is 13.6. The van der Waals surface area contributed by atoms with E-state index in [9.17, 15) is 4.79 Å². The maximum absolute atomic E-state index is 10.8. The number of carboxylic acids is 1. The second-order valence-corrected chi connectivity index (χ2v) is 4.94. The van der Waals surface area contributed by atoms with Crippen molar-refractivity contribution in [1.29, 1.82) is 0 Å². The fourth-order valence-corrected chi connectivity index (χ4v) is 2.27. The van der Waals surface area contributed by atoms with Crippen molar-refractivity contribution in [2.45, 2.75) is 18.9 Å². The third-order valence-electron chi connectivity index (χ3n) is 3.42. The van der Waals surface area contributed by atoms with Gasteiger partial charge in [0.2, 0.25) is 0 Å². The number of nitrogens with one attached hydrogen (secondary N) is 1. The Labute approximate surface area is 121 Å². The van der Waals surface area contributed by atoms with Crippen molar-refractivity contribution in [3.05, 3.63) is 36.0 Å². The topological polar surface area (TPSA) is 84.4 Å². The van der Waals surface area contributed by atoms with Crippen molar-refractivity contribution in [2.75, 3.05) is 13.2 Å². The van der Waals surface area contributed by atoms with E-state index in [0.29, 0.717) is 12.3 Å². The lowest BCUT2D eigenvalue weighted by Crippen LogP contribution is -2.16. The summed E-state index contributed by atoms with van der Waals surface area (Å²) < 4.78 is 11.2. The summed E-state index contributed by atoms with van der Waals surface area (Å²) in [6.07, 6.45) is 2.33. The summed E-state index contributed by atoms with van der Waals surface area (Å²) in [6.45, 7) is 1.38. The molecule has 6 heteroatoms. The first-order valence-electron chi connectivity index (χ1n) is 6.86. The molecule has 1 fully saturated rings. The van der Waals surface area contributed by atoms with Crippen LogP contribution in [0.25, 0.3) is 11.3 Å². The van der Waals surface area contributed by atoms with Crippen molar-refractivity contribution >= 4 is 5.97 Å². The molecule has 0 amide bonds. The number of rotatable bonds is 5. The summed E-state index contributed by atoms with van der Waals surface area (Å²) >= 11 is 0. The van der Waals surface area contributed by atoms with Gasteiger partial charge in [-0.15, -0.1) is 0 Å². The maximum atomic E-state index is 10.8. The van der Waals surface area contributed by atoms with Crippen molar-refractivity contribution < 1.29 is 19.4 Å². The van der Waals surface area contributed by atoms with E-state index < -0.39 is 5.97 Å². The number of nitrogens with zero attached hydrogens (tertiary/aromatic N) is 1. The van der Waals surface area contributed by atoms with Gasteiger partial charge >= 0.3 is 5.97 Å². The number of aromatic carboxylic acids is 1. The fourth-order valence-electron chi connectivity index (χ4n) is 2.27. The first-order valence-corrected chi connectivity index (χ1v) is 6.86. The summed E-state index contributed by atoms with van der Waals surface area (Å²) in [7, 11) is 0. The molecule has 0 bridgehead atoms. The monoisotopic (exact) mass is 288 g/mol. The van der Waals surface area contributed by atoms with E-state index in [1.165, 1.54) is 6.07 Å². The standard InChI is InChI=1S/C15H16N2O4/c18-15(19)14-8-13(16-17-14)10-3-5-11(6-4-10)21-9-12-2-1-7-20-12/h3-6,8,12H,1-2,7,9H2,(H,16,17)(H,18,19). The summed E-state index contributed by atoms with van der Waals surface area (Å²) in [4.78, 5) is 10.8. The number of carbonyl (C=O) groups is 1. The van der Waals surface area contributed by atoms with E-state index in [1.807, 2.05) is 24.3 Å². The van der Waals surface area contributed by atoms with Gasteiger partial charge in [0.15, 0.2) is 0 Å². The molecule has 110 valence electrons. The summed E-state index contributed by atoms with van der Waals surface area (Å²) in [5, 5.41) is 15.3. The molecule has 21 heavy (non-hydrogen) atoms.